The van der Waals surface area contributed by atoms with Crippen LogP contribution in [0.3, 0.4) is 0 Å². The summed E-state index contributed by atoms with van der Waals surface area (Å²) in [6, 6.07) is 20.8. The summed E-state index contributed by atoms with van der Waals surface area (Å²) < 4.78 is 18.9. The molecule has 1 unspecified atom stereocenters. The molecule has 0 fully saturated rings. The molecule has 1 heterocycles. The highest BCUT2D eigenvalue weighted by atomic mass is 19.1. The third-order valence-electron chi connectivity index (χ3n) is 4.77. The monoisotopic (exact) mass is 390 g/mol. The van der Waals surface area contributed by atoms with Gasteiger partial charge in [0.15, 0.2) is 12.4 Å². The second kappa shape index (κ2) is 8.14. The van der Waals surface area contributed by atoms with Crippen LogP contribution in [-0.2, 0) is 16.0 Å². The fourth-order valence-electron chi connectivity index (χ4n) is 3.34. The second-order valence-corrected chi connectivity index (χ2v) is 6.80. The van der Waals surface area contributed by atoms with E-state index in [4.69, 9.17) is 4.74 Å². The number of rotatable bonds is 5. The molecule has 5 nitrogen and oxygen atoms in total. The molecule has 1 aliphatic heterocycles. The molecule has 3 aromatic carbocycles. The lowest BCUT2D eigenvalue weighted by Gasteiger charge is -2.23. The van der Waals surface area contributed by atoms with Crippen molar-refractivity contribution in [1.82, 2.24) is 0 Å². The van der Waals surface area contributed by atoms with E-state index in [1.54, 1.807) is 30.3 Å². The number of benzene rings is 3. The molecule has 0 saturated heterocycles. The number of hydrogen-bond donors (Lipinski definition) is 2. The Morgan fingerprint density at radius 1 is 1.03 bits per heavy atom. The van der Waals surface area contributed by atoms with Gasteiger partial charge in [-0.25, -0.2) is 4.39 Å². The van der Waals surface area contributed by atoms with Gasteiger partial charge in [0, 0.05) is 0 Å². The van der Waals surface area contributed by atoms with Crippen molar-refractivity contribution in [1.29, 1.82) is 0 Å². The summed E-state index contributed by atoms with van der Waals surface area (Å²) in [5.41, 5.74) is 2.70. The van der Waals surface area contributed by atoms with E-state index < -0.39 is 5.92 Å². The maximum atomic E-state index is 13.4. The maximum Gasteiger partial charge on any atom is 0.262 e. The highest BCUT2D eigenvalue weighted by Crippen LogP contribution is 2.36. The number of carbonyl (C=O) groups is 2. The van der Waals surface area contributed by atoms with Crippen LogP contribution >= 0.6 is 0 Å². The van der Waals surface area contributed by atoms with Crippen LogP contribution in [0.1, 0.15) is 17.0 Å². The number of carbonyl (C=O) groups excluding carboxylic acids is 2. The predicted molar refractivity (Wildman–Crippen MR) is 108 cm³/mol. The molecule has 2 N–H and O–H groups in total. The van der Waals surface area contributed by atoms with E-state index in [1.165, 1.54) is 12.1 Å². The van der Waals surface area contributed by atoms with Crippen molar-refractivity contribution in [3.8, 4) is 5.75 Å². The lowest BCUT2D eigenvalue weighted by Crippen LogP contribution is -2.27. The minimum atomic E-state index is -0.521. The average Bonchev–Trinajstić information content (AvgIpc) is 2.73. The molecule has 3 aromatic rings. The summed E-state index contributed by atoms with van der Waals surface area (Å²) in [5.74, 6) is -0.928. The Bertz CT molecular complexity index is 1040. The fraction of sp³-hybridized carbons (Fsp3) is 0.130. The SMILES string of the molecule is O=C1COc2c(cccc2NC(=O)C(Cc2ccccc2)c2ccc(F)cc2)N1. The topological polar surface area (TPSA) is 67.4 Å². The molecule has 0 spiro atoms. The standard InChI is InChI=1S/C23H19FN2O3/c24-17-11-9-16(10-12-17)18(13-15-5-2-1-3-6-15)23(28)26-20-8-4-7-19-22(20)29-14-21(27)25-19/h1-12,18H,13-14H2,(H,25,27)(H,26,28). The molecule has 0 saturated carbocycles. The third-order valence-corrected chi connectivity index (χ3v) is 4.77. The quantitative estimate of drug-likeness (QED) is 0.689. The van der Waals surface area contributed by atoms with Crippen LogP contribution in [0.25, 0.3) is 0 Å². The summed E-state index contributed by atoms with van der Waals surface area (Å²) in [6.07, 6.45) is 0.463. The van der Waals surface area contributed by atoms with Gasteiger partial charge in [0.1, 0.15) is 5.82 Å². The lowest BCUT2D eigenvalue weighted by atomic mass is 9.91. The van der Waals surface area contributed by atoms with Gasteiger partial charge in [0.05, 0.1) is 17.3 Å². The Hall–Kier alpha value is -3.67. The Morgan fingerprint density at radius 2 is 1.79 bits per heavy atom. The van der Waals surface area contributed by atoms with Crippen LogP contribution in [0, 0.1) is 5.82 Å². The number of nitrogens with one attached hydrogen (secondary N) is 2. The first-order valence-electron chi connectivity index (χ1n) is 9.26. The third kappa shape index (κ3) is 4.27. The van der Waals surface area contributed by atoms with Crippen LogP contribution in [0.15, 0.2) is 72.8 Å². The van der Waals surface area contributed by atoms with Crippen LogP contribution < -0.4 is 15.4 Å². The van der Waals surface area contributed by atoms with Gasteiger partial charge in [0.2, 0.25) is 5.91 Å². The zero-order valence-electron chi connectivity index (χ0n) is 15.5. The van der Waals surface area contributed by atoms with Crippen molar-refractivity contribution in [2.24, 2.45) is 0 Å². The van der Waals surface area contributed by atoms with Crippen LogP contribution in [0.5, 0.6) is 5.75 Å². The molecule has 1 aliphatic rings. The van der Waals surface area contributed by atoms with E-state index in [0.717, 1.165) is 5.56 Å². The number of para-hydroxylation sites is 1. The van der Waals surface area contributed by atoms with E-state index in [2.05, 4.69) is 10.6 Å². The van der Waals surface area contributed by atoms with E-state index in [9.17, 15) is 14.0 Å². The maximum absolute atomic E-state index is 13.4. The average molecular weight is 390 g/mol. The largest absolute Gasteiger partial charge is 0.479 e. The fourth-order valence-corrected chi connectivity index (χ4v) is 3.34. The molecule has 1 atom stereocenters. The highest BCUT2D eigenvalue weighted by molar-refractivity contribution is 6.01. The van der Waals surface area contributed by atoms with Gasteiger partial charge >= 0.3 is 0 Å². The number of amides is 2. The van der Waals surface area contributed by atoms with Gasteiger partial charge in [-0.2, -0.15) is 0 Å². The Kier molecular flexibility index (Phi) is 5.24. The summed E-state index contributed by atoms with van der Waals surface area (Å²) in [7, 11) is 0. The molecular weight excluding hydrogens is 371 g/mol. The lowest BCUT2D eigenvalue weighted by molar-refractivity contribution is -0.118. The number of fused-ring (bicyclic) bond motifs is 1. The molecule has 2 amide bonds. The van der Waals surface area contributed by atoms with E-state index in [1.807, 2.05) is 30.3 Å². The van der Waals surface area contributed by atoms with Gasteiger partial charge in [0.25, 0.3) is 5.91 Å². The van der Waals surface area contributed by atoms with E-state index in [-0.39, 0.29) is 24.2 Å². The van der Waals surface area contributed by atoms with Crippen LogP contribution in [-0.4, -0.2) is 18.4 Å². The van der Waals surface area contributed by atoms with Gasteiger partial charge in [-0.15, -0.1) is 0 Å². The smallest absolute Gasteiger partial charge is 0.262 e. The molecule has 29 heavy (non-hydrogen) atoms. The molecule has 0 bridgehead atoms. The van der Waals surface area contributed by atoms with Crippen molar-refractivity contribution in [2.45, 2.75) is 12.3 Å². The highest BCUT2D eigenvalue weighted by Gasteiger charge is 2.25. The molecule has 146 valence electrons. The minimum Gasteiger partial charge on any atom is -0.479 e. The van der Waals surface area contributed by atoms with E-state index >= 15 is 0 Å². The molecule has 0 aliphatic carbocycles. The Morgan fingerprint density at radius 3 is 2.55 bits per heavy atom. The van der Waals surface area contributed by atoms with Crippen molar-refractivity contribution in [2.75, 3.05) is 17.2 Å². The minimum absolute atomic E-state index is 0.106. The molecule has 0 radical (unpaired) electrons. The van der Waals surface area contributed by atoms with Gasteiger partial charge in [-0.05, 0) is 41.8 Å². The van der Waals surface area contributed by atoms with Crippen molar-refractivity contribution in [3.63, 3.8) is 0 Å². The Labute approximate surface area is 167 Å². The van der Waals surface area contributed by atoms with Crippen molar-refractivity contribution in [3.05, 3.63) is 89.7 Å². The molecular formula is C23H19FN2O3. The summed E-state index contributed by atoms with van der Waals surface area (Å²) in [4.78, 5) is 24.7. The van der Waals surface area contributed by atoms with E-state index in [0.29, 0.717) is 29.1 Å². The number of anilines is 2. The first-order valence-corrected chi connectivity index (χ1v) is 9.26. The number of hydrogen-bond acceptors (Lipinski definition) is 3. The van der Waals surface area contributed by atoms with Crippen molar-refractivity contribution >= 4 is 23.2 Å². The zero-order valence-corrected chi connectivity index (χ0v) is 15.5. The summed E-state index contributed by atoms with van der Waals surface area (Å²) in [6.45, 7) is -0.106. The molecule has 6 heteroatoms. The number of ether oxygens (including phenoxy) is 1. The normalized spacial score (nSPS) is 13.6. The molecule has 4 rings (SSSR count). The summed E-state index contributed by atoms with van der Waals surface area (Å²) >= 11 is 0. The van der Waals surface area contributed by atoms with Crippen LogP contribution in [0.2, 0.25) is 0 Å². The molecule has 0 aromatic heterocycles. The van der Waals surface area contributed by atoms with Gasteiger partial charge in [-0.1, -0.05) is 48.5 Å². The first-order chi connectivity index (χ1) is 14.1. The second-order valence-electron chi connectivity index (χ2n) is 6.80. The van der Waals surface area contributed by atoms with Crippen LogP contribution in [0.4, 0.5) is 15.8 Å². The summed E-state index contributed by atoms with van der Waals surface area (Å²) in [5, 5.41) is 5.63. The zero-order chi connectivity index (χ0) is 20.2. The first kappa shape index (κ1) is 18.7. The van der Waals surface area contributed by atoms with Gasteiger partial charge < -0.3 is 15.4 Å². The van der Waals surface area contributed by atoms with Gasteiger partial charge in [-0.3, -0.25) is 9.59 Å². The van der Waals surface area contributed by atoms with Crippen molar-refractivity contribution < 1.29 is 18.7 Å². The Balaban J connectivity index is 1.63. The predicted octanol–water partition coefficient (Wildman–Crippen LogP) is 4.12. The number of halogens is 1.